The molecule has 0 spiro atoms. The minimum absolute atomic E-state index is 0.325. The molecule has 0 saturated carbocycles. The Hall–Kier alpha value is -1.48. The first-order chi connectivity index (χ1) is 12.9. The third-order valence-corrected chi connectivity index (χ3v) is 8.74. The van der Waals surface area contributed by atoms with Crippen LogP contribution in [0.3, 0.4) is 0 Å². The number of sulfonamides is 1. The van der Waals surface area contributed by atoms with Crippen LogP contribution in [0.5, 0.6) is 0 Å². The zero-order chi connectivity index (χ0) is 19.2. The second-order valence-electron chi connectivity index (χ2n) is 6.84. The number of rotatable bonds is 5. The van der Waals surface area contributed by atoms with Crippen molar-refractivity contribution in [3.8, 4) is 0 Å². The average molecular weight is 420 g/mol. The largest absolute Gasteiger partial charge is 0.242 e. The Kier molecular flexibility index (Phi) is 5.00. The summed E-state index contributed by atoms with van der Waals surface area (Å²) in [4.78, 5) is 12.2. The highest BCUT2D eigenvalue weighted by Gasteiger charge is 2.22. The minimum atomic E-state index is -3.42. The highest BCUT2D eigenvalue weighted by atomic mass is 32.2. The molecule has 0 amide bonds. The van der Waals surface area contributed by atoms with Crippen molar-refractivity contribution in [3.63, 3.8) is 0 Å². The van der Waals surface area contributed by atoms with Gasteiger partial charge in [-0.15, -0.1) is 23.1 Å². The molecular weight excluding hydrogens is 398 g/mol. The zero-order valence-corrected chi connectivity index (χ0v) is 18.0. The van der Waals surface area contributed by atoms with Gasteiger partial charge < -0.3 is 0 Å². The molecule has 0 N–H and O–H groups in total. The number of hydrogen-bond donors (Lipinski definition) is 0. The van der Waals surface area contributed by atoms with Crippen molar-refractivity contribution in [2.75, 3.05) is 14.1 Å². The Morgan fingerprint density at radius 2 is 2.04 bits per heavy atom. The summed E-state index contributed by atoms with van der Waals surface area (Å²) in [6, 6.07) is 7.16. The fourth-order valence-electron chi connectivity index (χ4n) is 3.33. The van der Waals surface area contributed by atoms with Gasteiger partial charge in [-0.25, -0.2) is 22.7 Å². The molecule has 0 atom stereocenters. The first kappa shape index (κ1) is 18.9. The van der Waals surface area contributed by atoms with Crippen molar-refractivity contribution in [2.24, 2.45) is 0 Å². The number of aryl methyl sites for hydroxylation is 3. The van der Waals surface area contributed by atoms with Crippen LogP contribution in [0.1, 0.15) is 28.2 Å². The van der Waals surface area contributed by atoms with Crippen LogP contribution in [0.25, 0.3) is 10.2 Å². The van der Waals surface area contributed by atoms with Gasteiger partial charge in [0.1, 0.15) is 15.7 Å². The van der Waals surface area contributed by atoms with E-state index in [1.54, 1.807) is 55.4 Å². The summed E-state index contributed by atoms with van der Waals surface area (Å²) in [5, 5.41) is 2.22. The standard InChI is InChI=1S/C19H21N3O2S3/c1-12-20-18(17-15-8-5-9-16(15)26-19(17)21-12)25-11-13-6-4-7-14(10-13)27(23,24)22(2)3/h4,6-7,10H,5,8-9,11H2,1-3H3. The van der Waals surface area contributed by atoms with E-state index in [2.05, 4.69) is 4.98 Å². The molecule has 0 fully saturated rings. The van der Waals surface area contributed by atoms with Crippen molar-refractivity contribution >= 4 is 43.3 Å². The first-order valence-electron chi connectivity index (χ1n) is 8.79. The van der Waals surface area contributed by atoms with Gasteiger partial charge >= 0.3 is 0 Å². The van der Waals surface area contributed by atoms with Crippen molar-refractivity contribution in [1.82, 2.24) is 14.3 Å². The van der Waals surface area contributed by atoms with Crippen LogP contribution in [0.4, 0.5) is 0 Å². The van der Waals surface area contributed by atoms with Crippen LogP contribution in [-0.2, 0) is 28.6 Å². The number of thiophene rings is 1. The molecule has 1 aromatic carbocycles. The highest BCUT2D eigenvalue weighted by Crippen LogP contribution is 2.41. The zero-order valence-electron chi connectivity index (χ0n) is 15.5. The molecule has 5 nitrogen and oxygen atoms in total. The molecule has 2 aromatic heterocycles. The molecule has 1 aliphatic rings. The molecule has 27 heavy (non-hydrogen) atoms. The lowest BCUT2D eigenvalue weighted by atomic mass is 10.2. The maximum Gasteiger partial charge on any atom is 0.242 e. The van der Waals surface area contributed by atoms with Gasteiger partial charge in [-0.1, -0.05) is 12.1 Å². The molecule has 8 heteroatoms. The molecule has 0 aliphatic heterocycles. The summed E-state index contributed by atoms with van der Waals surface area (Å²) in [7, 11) is -0.323. The van der Waals surface area contributed by atoms with E-state index in [4.69, 9.17) is 4.98 Å². The maximum atomic E-state index is 12.4. The minimum Gasteiger partial charge on any atom is -0.226 e. The smallest absolute Gasteiger partial charge is 0.226 e. The second kappa shape index (κ2) is 7.16. The molecular formula is C19H21N3O2S3. The molecule has 0 saturated heterocycles. The van der Waals surface area contributed by atoms with E-state index >= 15 is 0 Å². The van der Waals surface area contributed by atoms with E-state index in [0.29, 0.717) is 10.6 Å². The summed E-state index contributed by atoms with van der Waals surface area (Å²) < 4.78 is 26.0. The summed E-state index contributed by atoms with van der Waals surface area (Å²) in [6.07, 6.45) is 3.45. The lowest BCUT2D eigenvalue weighted by Gasteiger charge is -2.12. The maximum absolute atomic E-state index is 12.4. The monoisotopic (exact) mass is 419 g/mol. The van der Waals surface area contributed by atoms with E-state index in [9.17, 15) is 8.42 Å². The van der Waals surface area contributed by atoms with E-state index in [1.807, 2.05) is 13.0 Å². The predicted molar refractivity (Wildman–Crippen MR) is 111 cm³/mol. The molecule has 142 valence electrons. The molecule has 3 aromatic rings. The van der Waals surface area contributed by atoms with Crippen LogP contribution >= 0.6 is 23.1 Å². The summed E-state index contributed by atoms with van der Waals surface area (Å²) >= 11 is 3.46. The Labute approximate surface area is 167 Å². The summed E-state index contributed by atoms with van der Waals surface area (Å²) in [5.74, 6) is 1.46. The Morgan fingerprint density at radius 3 is 2.81 bits per heavy atom. The van der Waals surface area contributed by atoms with Crippen LogP contribution in [-0.4, -0.2) is 36.8 Å². The third-order valence-electron chi connectivity index (χ3n) is 4.70. The van der Waals surface area contributed by atoms with Crippen molar-refractivity contribution < 1.29 is 8.42 Å². The highest BCUT2D eigenvalue weighted by molar-refractivity contribution is 7.98. The van der Waals surface area contributed by atoms with Crippen molar-refractivity contribution in [2.45, 2.75) is 41.9 Å². The number of hydrogen-bond acceptors (Lipinski definition) is 6. The quantitative estimate of drug-likeness (QED) is 0.461. The van der Waals surface area contributed by atoms with Gasteiger partial charge in [0.15, 0.2) is 0 Å². The number of aromatic nitrogens is 2. The Morgan fingerprint density at radius 1 is 1.22 bits per heavy atom. The molecule has 4 rings (SSSR count). The van der Waals surface area contributed by atoms with Gasteiger partial charge in [-0.2, -0.15) is 0 Å². The number of benzene rings is 1. The van der Waals surface area contributed by atoms with Crippen molar-refractivity contribution in [1.29, 1.82) is 0 Å². The molecule has 1 aliphatic carbocycles. The first-order valence-corrected chi connectivity index (χ1v) is 12.0. The van der Waals surface area contributed by atoms with Gasteiger partial charge in [-0.3, -0.25) is 0 Å². The normalized spacial score (nSPS) is 14.2. The van der Waals surface area contributed by atoms with E-state index in [-0.39, 0.29) is 0 Å². The van der Waals surface area contributed by atoms with Gasteiger partial charge in [0.2, 0.25) is 10.0 Å². The van der Waals surface area contributed by atoms with Crippen LogP contribution in [0.15, 0.2) is 34.2 Å². The van der Waals surface area contributed by atoms with Crippen LogP contribution in [0, 0.1) is 6.92 Å². The lowest BCUT2D eigenvalue weighted by Crippen LogP contribution is -2.22. The second-order valence-corrected chi connectivity index (χ2v) is 11.0. The van der Waals surface area contributed by atoms with E-state index in [1.165, 1.54) is 26.6 Å². The van der Waals surface area contributed by atoms with E-state index in [0.717, 1.165) is 34.1 Å². The van der Waals surface area contributed by atoms with Gasteiger partial charge in [0, 0.05) is 30.1 Å². The Balaban J connectivity index is 1.65. The molecule has 2 heterocycles. The molecule has 0 radical (unpaired) electrons. The number of thioether (sulfide) groups is 1. The predicted octanol–water partition coefficient (Wildman–Crippen LogP) is 4.03. The van der Waals surface area contributed by atoms with Gasteiger partial charge in [-0.05, 0) is 49.4 Å². The van der Waals surface area contributed by atoms with Crippen molar-refractivity contribution in [3.05, 3.63) is 46.1 Å². The average Bonchev–Trinajstić information content (AvgIpc) is 3.20. The van der Waals surface area contributed by atoms with Crippen LogP contribution < -0.4 is 0 Å². The van der Waals surface area contributed by atoms with E-state index < -0.39 is 10.0 Å². The number of nitrogens with zero attached hydrogens (tertiary/aromatic N) is 3. The van der Waals surface area contributed by atoms with Crippen LogP contribution in [0.2, 0.25) is 0 Å². The fraction of sp³-hybridized carbons (Fsp3) is 0.368. The Bertz CT molecular complexity index is 1120. The fourth-order valence-corrected chi connectivity index (χ4v) is 6.71. The van der Waals surface area contributed by atoms with Gasteiger partial charge in [0.05, 0.1) is 4.90 Å². The molecule has 0 unspecified atom stereocenters. The van der Waals surface area contributed by atoms with Gasteiger partial charge in [0.25, 0.3) is 0 Å². The SMILES string of the molecule is Cc1nc(SCc2cccc(S(=O)(=O)N(C)C)c2)c2c3c(sc2n1)CCC3. The summed E-state index contributed by atoms with van der Waals surface area (Å²) in [5.41, 5.74) is 2.39. The number of fused-ring (bicyclic) bond motifs is 3. The summed E-state index contributed by atoms with van der Waals surface area (Å²) in [6.45, 7) is 1.93. The lowest BCUT2D eigenvalue weighted by molar-refractivity contribution is 0.520. The topological polar surface area (TPSA) is 63.2 Å². The third kappa shape index (κ3) is 3.51. The molecule has 0 bridgehead atoms.